The Morgan fingerprint density at radius 3 is 2.74 bits per heavy atom. The Morgan fingerprint density at radius 2 is 2.03 bits per heavy atom. The van der Waals surface area contributed by atoms with E-state index in [1.807, 2.05) is 28.0 Å². The van der Waals surface area contributed by atoms with Crippen LogP contribution in [0.15, 0.2) is 18.2 Å². The number of hydrogen-bond donors (Lipinski definition) is 2. The molecule has 3 heterocycles. The highest BCUT2D eigenvalue weighted by atomic mass is 16.4. The van der Waals surface area contributed by atoms with Crippen molar-refractivity contribution < 1.29 is 14.7 Å². The van der Waals surface area contributed by atoms with Crippen LogP contribution in [0.2, 0.25) is 0 Å². The number of carboxylic acid groups (broad SMARTS) is 1. The van der Waals surface area contributed by atoms with Crippen molar-refractivity contribution in [3.63, 3.8) is 0 Å². The van der Waals surface area contributed by atoms with Crippen LogP contribution in [0, 0.1) is 11.3 Å². The third-order valence-electron chi connectivity index (χ3n) is 7.96. The van der Waals surface area contributed by atoms with Gasteiger partial charge < -0.3 is 15.0 Å². The van der Waals surface area contributed by atoms with Crippen LogP contribution in [0.4, 0.5) is 0 Å². The zero-order valence-corrected chi connectivity index (χ0v) is 21.1. The number of rotatable bonds is 10. The number of aromatic amines is 1. The van der Waals surface area contributed by atoms with Gasteiger partial charge in [-0.05, 0) is 75.6 Å². The normalized spacial score (nSPS) is 21.5. The first-order valence-electron chi connectivity index (χ1n) is 13.3. The first-order valence-corrected chi connectivity index (χ1v) is 13.3. The van der Waals surface area contributed by atoms with Crippen molar-refractivity contribution >= 4 is 22.8 Å². The molecule has 0 spiro atoms. The number of amides is 1. The van der Waals surface area contributed by atoms with Crippen LogP contribution in [-0.2, 0) is 22.4 Å². The van der Waals surface area contributed by atoms with Crippen LogP contribution in [0.1, 0.15) is 82.0 Å². The van der Waals surface area contributed by atoms with Gasteiger partial charge in [0.15, 0.2) is 0 Å². The van der Waals surface area contributed by atoms with Crippen LogP contribution in [-0.4, -0.2) is 63.0 Å². The van der Waals surface area contributed by atoms with Gasteiger partial charge in [-0.25, -0.2) is 0 Å². The molecule has 2 fully saturated rings. The van der Waals surface area contributed by atoms with Gasteiger partial charge in [0.25, 0.3) is 0 Å². The lowest BCUT2D eigenvalue weighted by Crippen LogP contribution is -2.52. The number of aromatic nitrogens is 1. The van der Waals surface area contributed by atoms with Gasteiger partial charge in [0.1, 0.15) is 6.04 Å². The largest absolute Gasteiger partial charge is 0.480 e. The molecule has 2 aliphatic rings. The standard InChI is InChI=1S/C28H38N4O3/c1-3-5-9-26(28(34)35)32-16-7-10-25(32)27(33)31-15-6-8-20(31)12-14-23-21(4-2)22-13-11-19(18-29)17-24(22)30-23/h11,13,17,20,25-26,30H,3-10,12,14-16H2,1-2H3,(H,34,35)/t20-,25+,26?/m0/s1. The van der Waals surface area contributed by atoms with E-state index in [-0.39, 0.29) is 18.0 Å². The number of benzene rings is 1. The fraction of sp³-hybridized carbons (Fsp3) is 0.607. The number of hydrogen-bond acceptors (Lipinski definition) is 4. The molecule has 0 radical (unpaired) electrons. The number of nitrogens with one attached hydrogen (secondary N) is 1. The summed E-state index contributed by atoms with van der Waals surface area (Å²) in [4.78, 5) is 33.2. The number of H-pyrrole nitrogens is 1. The van der Waals surface area contributed by atoms with Gasteiger partial charge in [-0.1, -0.05) is 32.8 Å². The van der Waals surface area contributed by atoms with E-state index in [9.17, 15) is 20.0 Å². The lowest BCUT2D eigenvalue weighted by Gasteiger charge is -2.34. The molecule has 1 aromatic carbocycles. The van der Waals surface area contributed by atoms with Crippen molar-refractivity contribution in [3.05, 3.63) is 35.0 Å². The molecule has 7 heteroatoms. The average molecular weight is 479 g/mol. The molecule has 1 amide bonds. The maximum Gasteiger partial charge on any atom is 0.320 e. The van der Waals surface area contributed by atoms with Crippen molar-refractivity contribution in [1.82, 2.24) is 14.8 Å². The summed E-state index contributed by atoms with van der Waals surface area (Å²) < 4.78 is 0. The number of unbranched alkanes of at least 4 members (excludes halogenated alkanes) is 1. The second-order valence-electron chi connectivity index (χ2n) is 10.1. The van der Waals surface area contributed by atoms with E-state index in [0.29, 0.717) is 18.5 Å². The number of aliphatic carboxylic acids is 1. The molecule has 3 atom stereocenters. The van der Waals surface area contributed by atoms with Crippen LogP contribution in [0.3, 0.4) is 0 Å². The summed E-state index contributed by atoms with van der Waals surface area (Å²) in [6, 6.07) is 7.34. The van der Waals surface area contributed by atoms with Gasteiger partial charge in [0, 0.05) is 29.2 Å². The highest BCUT2D eigenvalue weighted by Crippen LogP contribution is 2.31. The molecule has 35 heavy (non-hydrogen) atoms. The first kappa shape index (κ1) is 25.2. The van der Waals surface area contributed by atoms with Gasteiger partial charge in [0.05, 0.1) is 17.7 Å². The second-order valence-corrected chi connectivity index (χ2v) is 10.1. The molecule has 2 saturated heterocycles. The molecule has 1 unspecified atom stereocenters. The molecule has 2 N–H and O–H groups in total. The number of carboxylic acids is 1. The number of nitrogens with zero attached hydrogens (tertiary/aromatic N) is 3. The van der Waals surface area contributed by atoms with E-state index in [2.05, 4.69) is 24.9 Å². The summed E-state index contributed by atoms with van der Waals surface area (Å²) in [5, 5.41) is 20.3. The van der Waals surface area contributed by atoms with Crippen molar-refractivity contribution in [2.45, 2.75) is 96.2 Å². The van der Waals surface area contributed by atoms with Crippen LogP contribution in [0.25, 0.3) is 10.9 Å². The minimum atomic E-state index is -0.804. The quantitative estimate of drug-likeness (QED) is 0.518. The average Bonchev–Trinajstić information content (AvgIpc) is 3.59. The van der Waals surface area contributed by atoms with Crippen LogP contribution < -0.4 is 0 Å². The van der Waals surface area contributed by atoms with E-state index >= 15 is 0 Å². The molecule has 188 valence electrons. The zero-order valence-electron chi connectivity index (χ0n) is 21.1. The Kier molecular flexibility index (Phi) is 8.12. The number of nitriles is 1. The summed E-state index contributed by atoms with van der Waals surface area (Å²) in [7, 11) is 0. The first-order chi connectivity index (χ1) is 17.0. The molecule has 0 saturated carbocycles. The summed E-state index contributed by atoms with van der Waals surface area (Å²) in [6.45, 7) is 5.68. The van der Waals surface area contributed by atoms with E-state index in [1.165, 1.54) is 16.6 Å². The van der Waals surface area contributed by atoms with Gasteiger partial charge in [0.2, 0.25) is 5.91 Å². The third-order valence-corrected chi connectivity index (χ3v) is 7.96. The summed E-state index contributed by atoms with van der Waals surface area (Å²) >= 11 is 0. The molecule has 2 aliphatic heterocycles. The number of carbonyl (C=O) groups is 2. The lowest BCUT2D eigenvalue weighted by atomic mass is 10.0. The van der Waals surface area contributed by atoms with E-state index in [1.54, 1.807) is 0 Å². The number of likely N-dealkylation sites (tertiary alicyclic amines) is 2. The van der Waals surface area contributed by atoms with E-state index < -0.39 is 12.0 Å². The van der Waals surface area contributed by atoms with Crippen molar-refractivity contribution in [2.24, 2.45) is 0 Å². The van der Waals surface area contributed by atoms with Crippen molar-refractivity contribution in [3.8, 4) is 6.07 Å². The smallest absolute Gasteiger partial charge is 0.320 e. The van der Waals surface area contributed by atoms with E-state index in [0.717, 1.165) is 69.8 Å². The number of aryl methyl sites for hydroxylation is 2. The maximum absolute atomic E-state index is 13.7. The van der Waals surface area contributed by atoms with Crippen LogP contribution in [0.5, 0.6) is 0 Å². The third kappa shape index (κ3) is 5.23. The van der Waals surface area contributed by atoms with Gasteiger partial charge >= 0.3 is 5.97 Å². The van der Waals surface area contributed by atoms with Crippen LogP contribution >= 0.6 is 0 Å². The fourth-order valence-electron chi connectivity index (χ4n) is 6.18. The lowest BCUT2D eigenvalue weighted by molar-refractivity contribution is -0.147. The number of fused-ring (bicyclic) bond motifs is 1. The monoisotopic (exact) mass is 478 g/mol. The topological polar surface area (TPSA) is 100 Å². The highest BCUT2D eigenvalue weighted by molar-refractivity contribution is 5.86. The van der Waals surface area contributed by atoms with Crippen molar-refractivity contribution in [2.75, 3.05) is 13.1 Å². The summed E-state index contributed by atoms with van der Waals surface area (Å²) in [5.41, 5.74) is 4.15. The molecular formula is C28H38N4O3. The predicted molar refractivity (Wildman–Crippen MR) is 136 cm³/mol. The Bertz CT molecular complexity index is 1100. The Morgan fingerprint density at radius 1 is 1.23 bits per heavy atom. The minimum absolute atomic E-state index is 0.124. The van der Waals surface area contributed by atoms with Gasteiger partial charge in [-0.3, -0.25) is 14.5 Å². The number of carbonyl (C=O) groups excluding carboxylic acids is 1. The Hall–Kier alpha value is -2.85. The predicted octanol–water partition coefficient (Wildman–Crippen LogP) is 4.63. The fourth-order valence-corrected chi connectivity index (χ4v) is 6.18. The zero-order chi connectivity index (χ0) is 24.9. The van der Waals surface area contributed by atoms with Crippen molar-refractivity contribution in [1.29, 1.82) is 5.26 Å². The van der Waals surface area contributed by atoms with Gasteiger partial charge in [-0.2, -0.15) is 5.26 Å². The molecule has 1 aromatic heterocycles. The molecule has 0 bridgehead atoms. The molecule has 7 nitrogen and oxygen atoms in total. The highest BCUT2D eigenvalue weighted by Gasteiger charge is 2.42. The second kappa shape index (κ2) is 11.3. The molecular weight excluding hydrogens is 440 g/mol. The molecule has 4 rings (SSSR count). The minimum Gasteiger partial charge on any atom is -0.480 e. The Balaban J connectivity index is 1.46. The van der Waals surface area contributed by atoms with E-state index in [4.69, 9.17) is 0 Å². The SMILES string of the molecule is CCCCC(C(=O)O)N1CCC[C@@H]1C(=O)N1CCC[C@H]1CCc1[nH]c2cc(C#N)ccc2c1CC. The molecule has 2 aromatic rings. The Labute approximate surface area is 208 Å². The summed E-state index contributed by atoms with van der Waals surface area (Å²) in [5.74, 6) is -0.680. The maximum atomic E-state index is 13.7. The summed E-state index contributed by atoms with van der Waals surface area (Å²) in [6.07, 6.45) is 8.71. The molecule has 0 aliphatic carbocycles. The van der Waals surface area contributed by atoms with Gasteiger partial charge in [-0.15, -0.1) is 0 Å².